The van der Waals surface area contributed by atoms with Gasteiger partial charge in [-0.1, -0.05) is 44.2 Å². The predicted molar refractivity (Wildman–Crippen MR) is 192 cm³/mol. The van der Waals surface area contributed by atoms with Gasteiger partial charge >= 0.3 is 13.6 Å². The SMILES string of the molecule is CC1(C)C(/C=C/C=C/C=C/C=C2/N(CCCS(=O)(=O)O)c3ccc(P(=O)(O)O)cc3C2(C)C)=[N+](CCCS(=O)(=O)O)c2ccc(C(=O)O)cc21. The molecule has 2 aliphatic rings. The largest absolute Gasteiger partial charge is 0.478 e. The molecule has 0 atom stereocenters. The van der Waals surface area contributed by atoms with Crippen molar-refractivity contribution in [3.8, 4) is 0 Å². The molecule has 50 heavy (non-hydrogen) atoms. The Labute approximate surface area is 292 Å². The minimum Gasteiger partial charge on any atom is -0.478 e. The van der Waals surface area contributed by atoms with E-state index in [1.807, 2.05) is 49.3 Å². The Hall–Kier alpha value is -3.69. The normalized spacial score (nSPS) is 18.2. The van der Waals surface area contributed by atoms with E-state index in [2.05, 4.69) is 0 Å². The summed E-state index contributed by atoms with van der Waals surface area (Å²) in [6.07, 6.45) is 12.9. The first-order chi connectivity index (χ1) is 23.0. The van der Waals surface area contributed by atoms with Gasteiger partial charge in [-0.05, 0) is 62.2 Å². The molecule has 13 nitrogen and oxygen atoms in total. The summed E-state index contributed by atoms with van der Waals surface area (Å²) >= 11 is 0. The number of nitrogens with zero attached hydrogens (tertiary/aromatic N) is 2. The highest BCUT2D eigenvalue weighted by Crippen LogP contribution is 2.49. The van der Waals surface area contributed by atoms with Crippen LogP contribution >= 0.6 is 7.60 Å². The number of fused-ring (bicyclic) bond motifs is 2. The van der Waals surface area contributed by atoms with Gasteiger partial charge in [0, 0.05) is 47.5 Å². The molecular formula is C34H42N2O11PS2+. The van der Waals surface area contributed by atoms with E-state index in [-0.39, 0.29) is 36.8 Å². The molecule has 5 N–H and O–H groups in total. The van der Waals surface area contributed by atoms with E-state index in [0.29, 0.717) is 11.3 Å². The van der Waals surface area contributed by atoms with E-state index in [1.54, 1.807) is 48.6 Å². The number of allylic oxidation sites excluding steroid dienone is 8. The van der Waals surface area contributed by atoms with Gasteiger partial charge in [-0.3, -0.25) is 13.7 Å². The Morgan fingerprint density at radius 3 is 2.08 bits per heavy atom. The van der Waals surface area contributed by atoms with Gasteiger partial charge in [0.2, 0.25) is 5.69 Å². The van der Waals surface area contributed by atoms with E-state index in [1.165, 1.54) is 18.2 Å². The number of anilines is 1. The maximum absolute atomic E-state index is 12.0. The van der Waals surface area contributed by atoms with E-state index in [0.717, 1.165) is 22.7 Å². The summed E-state index contributed by atoms with van der Waals surface area (Å²) in [4.78, 5) is 33.1. The van der Waals surface area contributed by atoms with Gasteiger partial charge in [0.1, 0.15) is 6.54 Å². The maximum Gasteiger partial charge on any atom is 0.356 e. The number of rotatable bonds is 14. The zero-order chi connectivity index (χ0) is 37.3. The zero-order valence-corrected chi connectivity index (χ0v) is 30.6. The van der Waals surface area contributed by atoms with Crippen LogP contribution in [0.5, 0.6) is 0 Å². The maximum atomic E-state index is 12.0. The first-order valence-electron chi connectivity index (χ1n) is 15.7. The Bertz CT molecular complexity index is 2110. The number of aromatic carboxylic acids is 1. The van der Waals surface area contributed by atoms with E-state index in [9.17, 15) is 50.2 Å². The monoisotopic (exact) mass is 749 g/mol. The molecule has 0 spiro atoms. The molecule has 2 heterocycles. The molecule has 2 aromatic rings. The summed E-state index contributed by atoms with van der Waals surface area (Å²) in [5, 5.41) is 9.42. The van der Waals surface area contributed by atoms with Crippen molar-refractivity contribution >= 4 is 56.2 Å². The van der Waals surface area contributed by atoms with Crippen molar-refractivity contribution < 1.29 is 54.8 Å². The zero-order valence-electron chi connectivity index (χ0n) is 28.1. The van der Waals surface area contributed by atoms with Gasteiger partial charge in [0.05, 0.1) is 27.8 Å². The van der Waals surface area contributed by atoms with Crippen molar-refractivity contribution in [2.45, 2.75) is 51.4 Å². The van der Waals surface area contributed by atoms with Gasteiger partial charge in [0.15, 0.2) is 5.71 Å². The van der Waals surface area contributed by atoms with Crippen LogP contribution in [-0.2, 0) is 35.6 Å². The molecule has 0 saturated heterocycles. The number of hydrogen-bond acceptors (Lipinski definition) is 7. The van der Waals surface area contributed by atoms with E-state index in [4.69, 9.17) is 0 Å². The highest BCUT2D eigenvalue weighted by Gasteiger charge is 2.45. The van der Waals surface area contributed by atoms with Gasteiger partial charge in [-0.2, -0.15) is 21.4 Å². The number of carboxylic acid groups (broad SMARTS) is 1. The second-order valence-electron chi connectivity index (χ2n) is 13.2. The smallest absolute Gasteiger partial charge is 0.356 e. The van der Waals surface area contributed by atoms with Crippen LogP contribution in [0.1, 0.15) is 62.0 Å². The molecule has 0 unspecified atom stereocenters. The molecule has 0 aliphatic carbocycles. The summed E-state index contributed by atoms with van der Waals surface area (Å²) in [6, 6.07) is 9.22. The predicted octanol–water partition coefficient (Wildman–Crippen LogP) is 4.47. The third-order valence-corrected chi connectivity index (χ3v) is 11.4. The van der Waals surface area contributed by atoms with Gasteiger partial charge < -0.3 is 19.8 Å². The van der Waals surface area contributed by atoms with Gasteiger partial charge in [0.25, 0.3) is 20.2 Å². The van der Waals surface area contributed by atoms with Crippen molar-refractivity contribution in [1.29, 1.82) is 0 Å². The fraction of sp³-hybridized carbons (Fsp3) is 0.353. The minimum absolute atomic E-state index is 0.115. The molecule has 270 valence electrons. The van der Waals surface area contributed by atoms with Crippen LogP contribution < -0.4 is 10.2 Å². The highest BCUT2D eigenvalue weighted by atomic mass is 32.2. The lowest BCUT2D eigenvalue weighted by molar-refractivity contribution is -0.437. The van der Waals surface area contributed by atoms with Crippen molar-refractivity contribution in [3.05, 3.63) is 101 Å². The Morgan fingerprint density at radius 1 is 0.840 bits per heavy atom. The first kappa shape index (κ1) is 39.1. The quantitative estimate of drug-likeness (QED) is 0.0785. The second kappa shape index (κ2) is 14.5. The Balaban J connectivity index is 1.61. The third-order valence-electron chi connectivity index (χ3n) is 8.87. The van der Waals surface area contributed by atoms with Crippen LogP contribution in [-0.4, -0.2) is 81.7 Å². The lowest BCUT2D eigenvalue weighted by Crippen LogP contribution is -2.28. The van der Waals surface area contributed by atoms with E-state index < -0.39 is 56.1 Å². The van der Waals surface area contributed by atoms with Crippen LogP contribution in [0.15, 0.2) is 84.6 Å². The summed E-state index contributed by atoms with van der Waals surface area (Å²) < 4.78 is 77.9. The summed E-state index contributed by atoms with van der Waals surface area (Å²) in [5.74, 6) is -1.93. The lowest BCUT2D eigenvalue weighted by atomic mass is 9.81. The van der Waals surface area contributed by atoms with Crippen molar-refractivity contribution in [1.82, 2.24) is 0 Å². The third kappa shape index (κ3) is 8.96. The Morgan fingerprint density at radius 2 is 1.46 bits per heavy atom. The molecular weight excluding hydrogens is 707 g/mol. The van der Waals surface area contributed by atoms with Crippen LogP contribution in [0.25, 0.3) is 0 Å². The highest BCUT2D eigenvalue weighted by molar-refractivity contribution is 7.86. The minimum atomic E-state index is -4.52. The standard InChI is InChI=1S/C34H41N2O11PS2/c1-33(2)26-22-24(32(37)38)14-16-28(26)35(18-10-20-49(42,43)44)30(33)12-8-6-5-7-9-13-31-34(3,4)27-23-25(48(39,40)41)15-17-29(27)36(31)19-11-21-50(45,46)47/h5-9,12-17,22-23H,10-11,18-21H2,1-4H3,(H4-,37,38,39,40,41,42,43,44,45,46,47)/p+1. The number of carboxylic acids is 1. The summed E-state index contributed by atoms with van der Waals surface area (Å²) in [7, 11) is -12.9. The van der Waals surface area contributed by atoms with Crippen LogP contribution in [0.2, 0.25) is 0 Å². The van der Waals surface area contributed by atoms with Gasteiger partial charge in [-0.25, -0.2) is 4.79 Å². The average molecular weight is 750 g/mol. The van der Waals surface area contributed by atoms with E-state index >= 15 is 0 Å². The number of carbonyl (C=O) groups is 1. The van der Waals surface area contributed by atoms with Crippen LogP contribution in [0.4, 0.5) is 11.4 Å². The second-order valence-corrected chi connectivity index (χ2v) is 17.9. The van der Waals surface area contributed by atoms with Crippen LogP contribution in [0.3, 0.4) is 0 Å². The number of hydrogen-bond donors (Lipinski definition) is 5. The summed E-state index contributed by atoms with van der Waals surface area (Å²) in [5.41, 5.74) is 3.23. The fourth-order valence-electron chi connectivity index (χ4n) is 6.43. The molecule has 2 aromatic carbocycles. The molecule has 16 heteroatoms. The first-order valence-corrected chi connectivity index (χ1v) is 20.5. The molecule has 0 aromatic heterocycles. The van der Waals surface area contributed by atoms with Crippen molar-refractivity contribution in [3.63, 3.8) is 0 Å². The molecule has 0 bridgehead atoms. The number of benzene rings is 2. The van der Waals surface area contributed by atoms with Crippen LogP contribution in [0, 0.1) is 0 Å². The van der Waals surface area contributed by atoms with Crippen molar-refractivity contribution in [2.24, 2.45) is 0 Å². The van der Waals surface area contributed by atoms with Gasteiger partial charge in [-0.15, -0.1) is 0 Å². The molecule has 0 saturated carbocycles. The fourth-order valence-corrected chi connectivity index (χ4v) is 7.98. The molecule has 2 aliphatic heterocycles. The molecule has 0 fully saturated rings. The molecule has 0 radical (unpaired) electrons. The molecule has 0 amide bonds. The summed E-state index contributed by atoms with van der Waals surface area (Å²) in [6.45, 7) is 8.19. The average Bonchev–Trinajstić information content (AvgIpc) is 3.33. The topological polar surface area (TPSA) is 210 Å². The Kier molecular flexibility index (Phi) is 11.3. The molecule has 4 rings (SSSR count). The van der Waals surface area contributed by atoms with Crippen molar-refractivity contribution in [2.75, 3.05) is 29.5 Å². The lowest BCUT2D eigenvalue weighted by Gasteiger charge is -2.27.